The molecule has 1 heterocycles. The van der Waals surface area contributed by atoms with Gasteiger partial charge in [0.05, 0.1) is 10.6 Å². The Hall–Kier alpha value is -3.79. The number of para-hydroxylation sites is 2. The van der Waals surface area contributed by atoms with Gasteiger partial charge in [0.15, 0.2) is 5.58 Å². The Labute approximate surface area is 192 Å². The van der Waals surface area contributed by atoms with Crippen LogP contribution in [0, 0.1) is 11.3 Å². The molecule has 3 aromatic carbocycles. The molecule has 158 valence electrons. The first-order valence-corrected chi connectivity index (χ1v) is 10.1. The number of oxazole rings is 1. The van der Waals surface area contributed by atoms with Crippen LogP contribution in [-0.4, -0.2) is 16.1 Å². The molecule has 0 aliphatic heterocycles. The summed E-state index contributed by atoms with van der Waals surface area (Å²) in [6, 6.07) is 18.7. The molecule has 4 aromatic rings. The molecular weight excluding hydrogens is 451 g/mol. The first-order chi connectivity index (χ1) is 15.4. The van der Waals surface area contributed by atoms with E-state index in [2.05, 4.69) is 11.1 Å². The molecule has 0 aliphatic carbocycles. The van der Waals surface area contributed by atoms with Crippen LogP contribution in [-0.2, 0) is 6.61 Å². The fourth-order valence-electron chi connectivity index (χ4n) is 3.02. The summed E-state index contributed by atoms with van der Waals surface area (Å²) in [5, 5.41) is 19.4. The summed E-state index contributed by atoms with van der Waals surface area (Å²) in [4.78, 5) is 15.4. The fourth-order valence-corrected chi connectivity index (χ4v) is 3.59. The second-order valence-electron chi connectivity index (χ2n) is 6.75. The van der Waals surface area contributed by atoms with Gasteiger partial charge < -0.3 is 14.3 Å². The van der Waals surface area contributed by atoms with Crippen molar-refractivity contribution >= 4 is 51.9 Å². The number of aromatic nitrogens is 1. The van der Waals surface area contributed by atoms with Crippen LogP contribution in [0.2, 0.25) is 10.0 Å². The zero-order valence-corrected chi connectivity index (χ0v) is 17.9. The zero-order chi connectivity index (χ0) is 22.7. The van der Waals surface area contributed by atoms with Gasteiger partial charge in [0.1, 0.15) is 29.5 Å². The van der Waals surface area contributed by atoms with Crippen LogP contribution in [0.1, 0.15) is 27.4 Å². The number of rotatable bonds is 6. The van der Waals surface area contributed by atoms with Gasteiger partial charge in [0, 0.05) is 10.6 Å². The van der Waals surface area contributed by atoms with Crippen LogP contribution < -0.4 is 4.74 Å². The third-order valence-corrected chi connectivity index (χ3v) is 5.06. The van der Waals surface area contributed by atoms with Crippen molar-refractivity contribution in [3.05, 3.63) is 93.3 Å². The number of benzene rings is 3. The van der Waals surface area contributed by atoms with Crippen LogP contribution >= 0.6 is 23.2 Å². The van der Waals surface area contributed by atoms with E-state index in [0.717, 1.165) is 5.56 Å². The first-order valence-electron chi connectivity index (χ1n) is 9.36. The molecule has 0 aliphatic rings. The Balaban J connectivity index is 1.67. The summed E-state index contributed by atoms with van der Waals surface area (Å²) in [6.45, 7) is 0.132. The van der Waals surface area contributed by atoms with Gasteiger partial charge in [-0.2, -0.15) is 5.26 Å². The lowest BCUT2D eigenvalue weighted by atomic mass is 10.1. The number of carbonyl (C=O) groups is 1. The number of fused-ring (bicyclic) bond motifs is 1. The van der Waals surface area contributed by atoms with Gasteiger partial charge in [-0.15, -0.1) is 0 Å². The fraction of sp³-hybridized carbons (Fsp3) is 0.0417. The molecule has 0 bridgehead atoms. The number of allylic oxidation sites excluding steroid dienone is 1. The van der Waals surface area contributed by atoms with E-state index >= 15 is 0 Å². The molecule has 0 spiro atoms. The normalized spacial score (nSPS) is 11.3. The van der Waals surface area contributed by atoms with Crippen molar-refractivity contribution < 1.29 is 19.1 Å². The van der Waals surface area contributed by atoms with Crippen LogP contribution in [0.25, 0.3) is 22.7 Å². The largest absolute Gasteiger partial charge is 0.487 e. The number of nitriles is 1. The average molecular weight is 465 g/mol. The van der Waals surface area contributed by atoms with E-state index in [-0.39, 0.29) is 28.7 Å². The third kappa shape index (κ3) is 4.59. The van der Waals surface area contributed by atoms with Crippen LogP contribution in [0.3, 0.4) is 0 Å². The Morgan fingerprint density at radius 1 is 1.16 bits per heavy atom. The highest BCUT2D eigenvalue weighted by Gasteiger charge is 2.15. The highest BCUT2D eigenvalue weighted by atomic mass is 35.5. The average Bonchev–Trinajstić information content (AvgIpc) is 3.21. The molecule has 1 N–H and O–H groups in total. The second-order valence-corrected chi connectivity index (χ2v) is 7.60. The van der Waals surface area contributed by atoms with Crippen LogP contribution in [0.4, 0.5) is 0 Å². The predicted molar refractivity (Wildman–Crippen MR) is 122 cm³/mol. The van der Waals surface area contributed by atoms with E-state index in [4.69, 9.17) is 37.5 Å². The molecule has 0 fully saturated rings. The molecular formula is C24H14Cl2N2O4. The van der Waals surface area contributed by atoms with Crippen molar-refractivity contribution in [2.75, 3.05) is 0 Å². The Kier molecular flexibility index (Phi) is 6.13. The zero-order valence-electron chi connectivity index (χ0n) is 16.4. The van der Waals surface area contributed by atoms with E-state index in [0.29, 0.717) is 27.4 Å². The van der Waals surface area contributed by atoms with E-state index in [1.54, 1.807) is 36.4 Å². The minimum absolute atomic E-state index is 0.132. The molecule has 32 heavy (non-hydrogen) atoms. The molecule has 6 nitrogen and oxygen atoms in total. The molecule has 8 heteroatoms. The number of carboxylic acids is 1. The predicted octanol–water partition coefficient (Wildman–Crippen LogP) is 6.48. The van der Waals surface area contributed by atoms with Gasteiger partial charge in [-0.05, 0) is 48.0 Å². The van der Waals surface area contributed by atoms with Gasteiger partial charge in [-0.3, -0.25) is 0 Å². The Morgan fingerprint density at radius 3 is 2.59 bits per heavy atom. The second kappa shape index (κ2) is 9.15. The van der Waals surface area contributed by atoms with Crippen LogP contribution in [0.5, 0.6) is 5.75 Å². The van der Waals surface area contributed by atoms with Gasteiger partial charge >= 0.3 is 5.97 Å². The van der Waals surface area contributed by atoms with E-state index < -0.39 is 5.97 Å². The molecule has 0 amide bonds. The number of nitrogens with zero attached hydrogens (tertiary/aromatic N) is 2. The topological polar surface area (TPSA) is 96.3 Å². The number of carboxylic acid groups (broad SMARTS) is 1. The Morgan fingerprint density at radius 2 is 1.91 bits per heavy atom. The highest BCUT2D eigenvalue weighted by molar-refractivity contribution is 6.36. The lowest BCUT2D eigenvalue weighted by molar-refractivity contribution is 0.0697. The van der Waals surface area contributed by atoms with Crippen molar-refractivity contribution in [3.8, 4) is 11.8 Å². The van der Waals surface area contributed by atoms with Crippen molar-refractivity contribution in [2.45, 2.75) is 6.61 Å². The number of ether oxygens (including phenoxy) is 1. The Bertz CT molecular complexity index is 1350. The molecule has 0 saturated carbocycles. The summed E-state index contributed by atoms with van der Waals surface area (Å²) in [5.41, 5.74) is 2.77. The summed E-state index contributed by atoms with van der Waals surface area (Å²) < 4.78 is 11.6. The molecule has 0 atom stereocenters. The van der Waals surface area contributed by atoms with Gasteiger partial charge in [0.25, 0.3) is 0 Å². The standard InChI is InChI=1S/C24H14Cl2N2O4/c25-18-10-16(9-17(12-27)23-28-20-3-1-2-4-21(20)32-23)22(19(26)11-18)31-13-14-5-7-15(8-6-14)24(29)30/h1-11H,13H2,(H,29,30)/b17-9+. The lowest BCUT2D eigenvalue weighted by Gasteiger charge is -2.12. The van der Waals surface area contributed by atoms with Crippen molar-refractivity contribution in [3.63, 3.8) is 0 Å². The lowest BCUT2D eigenvalue weighted by Crippen LogP contribution is -2.00. The summed E-state index contributed by atoms with van der Waals surface area (Å²) in [7, 11) is 0. The van der Waals surface area contributed by atoms with Crippen molar-refractivity contribution in [2.24, 2.45) is 0 Å². The number of aromatic carboxylic acids is 1. The maximum Gasteiger partial charge on any atom is 0.335 e. The molecule has 1 aromatic heterocycles. The highest BCUT2D eigenvalue weighted by Crippen LogP contribution is 2.35. The summed E-state index contributed by atoms with van der Waals surface area (Å²) in [6.07, 6.45) is 1.55. The molecule has 0 unspecified atom stereocenters. The van der Waals surface area contributed by atoms with Crippen LogP contribution in [0.15, 0.2) is 65.1 Å². The SMILES string of the molecule is N#C/C(=C\c1cc(Cl)cc(Cl)c1OCc1ccc(C(=O)O)cc1)c1nc2ccccc2o1. The molecule has 0 saturated heterocycles. The first kappa shape index (κ1) is 21.4. The quantitative estimate of drug-likeness (QED) is 0.328. The van der Waals surface area contributed by atoms with Crippen molar-refractivity contribution in [1.82, 2.24) is 4.98 Å². The summed E-state index contributed by atoms with van der Waals surface area (Å²) >= 11 is 12.5. The maximum absolute atomic E-state index is 11.0. The van der Waals surface area contributed by atoms with Gasteiger partial charge in [-0.25, -0.2) is 9.78 Å². The molecule has 4 rings (SSSR count). The maximum atomic E-state index is 11.0. The van der Waals surface area contributed by atoms with Gasteiger partial charge in [0.2, 0.25) is 5.89 Å². The number of halogens is 2. The summed E-state index contributed by atoms with van der Waals surface area (Å²) in [5.74, 6) is -0.517. The monoisotopic (exact) mass is 464 g/mol. The van der Waals surface area contributed by atoms with Crippen molar-refractivity contribution in [1.29, 1.82) is 5.26 Å². The van der Waals surface area contributed by atoms with Gasteiger partial charge in [-0.1, -0.05) is 47.5 Å². The van der Waals surface area contributed by atoms with E-state index in [9.17, 15) is 10.1 Å². The smallest absolute Gasteiger partial charge is 0.335 e. The number of hydrogen-bond donors (Lipinski definition) is 1. The number of hydrogen-bond acceptors (Lipinski definition) is 5. The third-order valence-electron chi connectivity index (χ3n) is 4.57. The van der Waals surface area contributed by atoms with E-state index in [1.807, 2.05) is 12.1 Å². The van der Waals surface area contributed by atoms with E-state index in [1.165, 1.54) is 18.2 Å². The minimum atomic E-state index is -1.01. The molecule has 0 radical (unpaired) electrons. The minimum Gasteiger partial charge on any atom is -0.487 e.